The van der Waals surface area contributed by atoms with E-state index in [1.807, 2.05) is 12.1 Å². The van der Waals surface area contributed by atoms with E-state index in [0.717, 1.165) is 11.3 Å². The molecule has 1 aliphatic heterocycles. The van der Waals surface area contributed by atoms with Crippen LogP contribution >= 0.6 is 0 Å². The Bertz CT molecular complexity index is 369. The van der Waals surface area contributed by atoms with Gasteiger partial charge in [-0.15, -0.1) is 0 Å². The summed E-state index contributed by atoms with van der Waals surface area (Å²) in [5.74, 6) is 1.69. The van der Waals surface area contributed by atoms with Gasteiger partial charge in [0.1, 0.15) is 19.0 Å². The molecule has 0 atom stereocenters. The topological polar surface area (TPSA) is 38.7 Å². The summed E-state index contributed by atoms with van der Waals surface area (Å²) in [6, 6.07) is 5.40. The van der Waals surface area contributed by atoms with Crippen molar-refractivity contribution in [1.29, 1.82) is 0 Å². The second-order valence-electron chi connectivity index (χ2n) is 3.03. The van der Waals surface area contributed by atoms with E-state index in [1.165, 1.54) is 0 Å². The van der Waals surface area contributed by atoms with Crippen molar-refractivity contribution in [2.24, 2.45) is 0 Å². The summed E-state index contributed by atoms with van der Waals surface area (Å²) >= 11 is 0. The van der Waals surface area contributed by atoms with Crippen molar-refractivity contribution in [2.75, 3.05) is 13.2 Å². The summed E-state index contributed by atoms with van der Waals surface area (Å²) < 4.78 is 10.8. The van der Waals surface area contributed by atoms with Crippen LogP contribution in [-0.4, -0.2) is 18.3 Å². The Morgan fingerprint density at radius 3 is 2.71 bits per heavy atom. The SMILES string of the molecule is CC=C(O)c1ccc2c(c1)OCCO2. The molecule has 0 bridgehead atoms. The van der Waals surface area contributed by atoms with Crippen LogP contribution in [0.1, 0.15) is 12.5 Å². The Kier molecular flexibility index (Phi) is 2.31. The highest BCUT2D eigenvalue weighted by atomic mass is 16.6. The highest BCUT2D eigenvalue weighted by Gasteiger charge is 2.12. The van der Waals surface area contributed by atoms with Gasteiger partial charge in [-0.1, -0.05) is 0 Å². The van der Waals surface area contributed by atoms with E-state index in [-0.39, 0.29) is 5.76 Å². The van der Waals surface area contributed by atoms with E-state index in [0.29, 0.717) is 19.0 Å². The molecule has 0 aliphatic carbocycles. The normalized spacial score (nSPS) is 15.4. The molecule has 0 unspecified atom stereocenters. The van der Waals surface area contributed by atoms with Crippen molar-refractivity contribution in [1.82, 2.24) is 0 Å². The van der Waals surface area contributed by atoms with Gasteiger partial charge in [0, 0.05) is 5.56 Å². The van der Waals surface area contributed by atoms with E-state index in [4.69, 9.17) is 9.47 Å². The molecule has 0 radical (unpaired) electrons. The van der Waals surface area contributed by atoms with Crippen molar-refractivity contribution < 1.29 is 14.6 Å². The minimum Gasteiger partial charge on any atom is -0.508 e. The Morgan fingerprint density at radius 2 is 2.00 bits per heavy atom. The molecule has 0 spiro atoms. The number of hydrogen-bond acceptors (Lipinski definition) is 3. The predicted molar refractivity (Wildman–Crippen MR) is 53.7 cm³/mol. The Balaban J connectivity index is 2.38. The number of fused-ring (bicyclic) bond motifs is 1. The Labute approximate surface area is 82.6 Å². The molecule has 0 saturated heterocycles. The van der Waals surface area contributed by atoms with Crippen LogP contribution in [0.2, 0.25) is 0 Å². The zero-order chi connectivity index (χ0) is 9.97. The van der Waals surface area contributed by atoms with Crippen LogP contribution < -0.4 is 9.47 Å². The molecule has 2 rings (SSSR count). The fraction of sp³-hybridized carbons (Fsp3) is 0.273. The van der Waals surface area contributed by atoms with Crippen molar-refractivity contribution in [3.8, 4) is 11.5 Å². The number of benzene rings is 1. The molecule has 0 saturated carbocycles. The van der Waals surface area contributed by atoms with Gasteiger partial charge in [-0.3, -0.25) is 0 Å². The van der Waals surface area contributed by atoms with E-state index in [1.54, 1.807) is 19.1 Å². The van der Waals surface area contributed by atoms with Gasteiger partial charge in [-0.2, -0.15) is 0 Å². The molecule has 1 aromatic rings. The van der Waals surface area contributed by atoms with Crippen LogP contribution in [0.15, 0.2) is 24.3 Å². The van der Waals surface area contributed by atoms with Crippen LogP contribution in [0.5, 0.6) is 11.5 Å². The lowest BCUT2D eigenvalue weighted by Crippen LogP contribution is -2.15. The second kappa shape index (κ2) is 3.62. The van der Waals surface area contributed by atoms with E-state index in [9.17, 15) is 5.11 Å². The van der Waals surface area contributed by atoms with Gasteiger partial charge >= 0.3 is 0 Å². The zero-order valence-electron chi connectivity index (χ0n) is 7.99. The Morgan fingerprint density at radius 1 is 1.29 bits per heavy atom. The number of aliphatic hydroxyl groups excluding tert-OH is 1. The summed E-state index contributed by atoms with van der Waals surface area (Å²) in [6.07, 6.45) is 1.64. The molecule has 1 aliphatic rings. The first-order valence-electron chi connectivity index (χ1n) is 4.56. The van der Waals surface area contributed by atoms with E-state index < -0.39 is 0 Å². The van der Waals surface area contributed by atoms with Crippen molar-refractivity contribution in [3.05, 3.63) is 29.8 Å². The summed E-state index contributed by atoms with van der Waals surface area (Å²) in [6.45, 7) is 2.93. The largest absolute Gasteiger partial charge is 0.508 e. The third-order valence-corrected chi connectivity index (χ3v) is 2.11. The maximum Gasteiger partial charge on any atom is 0.162 e. The average molecular weight is 192 g/mol. The van der Waals surface area contributed by atoms with Crippen LogP contribution in [0.3, 0.4) is 0 Å². The molecule has 1 N–H and O–H groups in total. The van der Waals surface area contributed by atoms with Gasteiger partial charge in [0.05, 0.1) is 0 Å². The third kappa shape index (κ3) is 1.53. The van der Waals surface area contributed by atoms with Crippen LogP contribution in [0, 0.1) is 0 Å². The number of hydrogen-bond donors (Lipinski definition) is 1. The summed E-state index contributed by atoms with van der Waals surface area (Å²) in [5.41, 5.74) is 0.747. The first kappa shape index (κ1) is 8.94. The molecule has 3 nitrogen and oxygen atoms in total. The average Bonchev–Trinajstić information content (AvgIpc) is 2.27. The molecule has 0 amide bonds. The maximum absolute atomic E-state index is 9.50. The monoisotopic (exact) mass is 192 g/mol. The summed E-state index contributed by atoms with van der Waals surface area (Å²) in [7, 11) is 0. The standard InChI is InChI=1S/C11H12O3/c1-2-9(12)8-3-4-10-11(7-8)14-6-5-13-10/h2-4,7,12H,5-6H2,1H3. The van der Waals surface area contributed by atoms with Crippen LogP contribution in [-0.2, 0) is 0 Å². The zero-order valence-corrected chi connectivity index (χ0v) is 7.99. The van der Waals surface area contributed by atoms with Gasteiger partial charge in [-0.05, 0) is 31.2 Å². The summed E-state index contributed by atoms with van der Waals surface area (Å²) in [4.78, 5) is 0. The molecule has 0 fully saturated rings. The first-order valence-corrected chi connectivity index (χ1v) is 4.56. The molecular weight excluding hydrogens is 180 g/mol. The van der Waals surface area contributed by atoms with Crippen molar-refractivity contribution in [3.63, 3.8) is 0 Å². The number of allylic oxidation sites excluding steroid dienone is 1. The minimum absolute atomic E-state index is 0.252. The molecule has 0 aromatic heterocycles. The Hall–Kier alpha value is -1.64. The first-order chi connectivity index (χ1) is 6.81. The summed E-state index contributed by atoms with van der Waals surface area (Å²) in [5, 5.41) is 9.50. The smallest absolute Gasteiger partial charge is 0.162 e. The fourth-order valence-electron chi connectivity index (χ4n) is 1.37. The highest BCUT2D eigenvalue weighted by molar-refractivity contribution is 5.62. The fourth-order valence-corrected chi connectivity index (χ4v) is 1.37. The molecular formula is C11H12O3. The van der Waals surface area contributed by atoms with Gasteiger partial charge < -0.3 is 14.6 Å². The second-order valence-corrected chi connectivity index (χ2v) is 3.03. The minimum atomic E-state index is 0.252. The predicted octanol–water partition coefficient (Wildman–Crippen LogP) is 2.38. The molecule has 74 valence electrons. The van der Waals surface area contributed by atoms with E-state index >= 15 is 0 Å². The molecule has 1 heterocycles. The number of ether oxygens (including phenoxy) is 2. The third-order valence-electron chi connectivity index (χ3n) is 2.11. The lowest BCUT2D eigenvalue weighted by Gasteiger charge is -2.18. The quantitative estimate of drug-likeness (QED) is 0.694. The van der Waals surface area contributed by atoms with Gasteiger partial charge in [0.25, 0.3) is 0 Å². The van der Waals surface area contributed by atoms with Crippen molar-refractivity contribution >= 4 is 5.76 Å². The van der Waals surface area contributed by atoms with Gasteiger partial charge in [0.15, 0.2) is 11.5 Å². The van der Waals surface area contributed by atoms with Crippen LogP contribution in [0.4, 0.5) is 0 Å². The molecule has 1 aromatic carbocycles. The van der Waals surface area contributed by atoms with Crippen LogP contribution in [0.25, 0.3) is 5.76 Å². The van der Waals surface area contributed by atoms with Gasteiger partial charge in [-0.25, -0.2) is 0 Å². The molecule has 3 heteroatoms. The van der Waals surface area contributed by atoms with Crippen molar-refractivity contribution in [2.45, 2.75) is 6.92 Å². The highest BCUT2D eigenvalue weighted by Crippen LogP contribution is 2.32. The lowest BCUT2D eigenvalue weighted by atomic mass is 10.1. The maximum atomic E-state index is 9.50. The van der Waals surface area contributed by atoms with E-state index in [2.05, 4.69) is 0 Å². The molecule has 14 heavy (non-hydrogen) atoms. The number of rotatable bonds is 1. The van der Waals surface area contributed by atoms with Gasteiger partial charge in [0.2, 0.25) is 0 Å². The number of aliphatic hydroxyl groups is 1. The lowest BCUT2D eigenvalue weighted by molar-refractivity contribution is 0.171.